The molecule has 0 unspecified atom stereocenters. The van der Waals surface area contributed by atoms with Gasteiger partial charge in [0, 0.05) is 11.1 Å². The average Bonchev–Trinajstić information content (AvgIpc) is 2.65. The van der Waals surface area contributed by atoms with Crippen LogP contribution in [0.15, 0.2) is 48.5 Å². The van der Waals surface area contributed by atoms with Gasteiger partial charge in [-0.1, -0.05) is 48.0 Å². The van der Waals surface area contributed by atoms with Gasteiger partial charge in [0.1, 0.15) is 5.75 Å². The van der Waals surface area contributed by atoms with Crippen molar-refractivity contribution in [1.82, 2.24) is 16.2 Å². The van der Waals surface area contributed by atoms with Crippen LogP contribution in [0.5, 0.6) is 5.75 Å². The van der Waals surface area contributed by atoms with Gasteiger partial charge < -0.3 is 4.74 Å². The van der Waals surface area contributed by atoms with Gasteiger partial charge in [0.25, 0.3) is 5.91 Å². The Labute approximate surface area is 173 Å². The summed E-state index contributed by atoms with van der Waals surface area (Å²) in [4.78, 5) is 23.7. The lowest BCUT2D eigenvalue weighted by atomic mass is 10.1. The summed E-state index contributed by atoms with van der Waals surface area (Å²) in [6.07, 6.45) is 2.86. The quantitative estimate of drug-likeness (QED) is 0.396. The van der Waals surface area contributed by atoms with E-state index in [1.54, 1.807) is 24.3 Å². The minimum absolute atomic E-state index is 0.0470. The van der Waals surface area contributed by atoms with E-state index in [1.165, 1.54) is 6.08 Å². The van der Waals surface area contributed by atoms with Crippen LogP contribution in [0, 0.1) is 13.8 Å². The number of para-hydroxylation sites is 1. The number of carbonyl (C=O) groups excluding carboxylic acids is 2. The van der Waals surface area contributed by atoms with Crippen molar-refractivity contribution in [3.8, 4) is 5.75 Å². The lowest BCUT2D eigenvalue weighted by Gasteiger charge is -2.13. The van der Waals surface area contributed by atoms with Gasteiger partial charge in [0.2, 0.25) is 5.91 Å². The monoisotopic (exact) mass is 417 g/mol. The SMILES string of the molecule is Cc1cccc(C)c1OCC(=O)NNC(=S)NC(=O)C=Cc1ccccc1Cl. The minimum atomic E-state index is -0.460. The predicted octanol–water partition coefficient (Wildman–Crippen LogP) is 3.07. The summed E-state index contributed by atoms with van der Waals surface area (Å²) in [7, 11) is 0. The summed E-state index contributed by atoms with van der Waals surface area (Å²) in [5.41, 5.74) is 7.39. The Bertz CT molecular complexity index is 895. The maximum atomic E-state index is 11.9. The van der Waals surface area contributed by atoms with Gasteiger partial charge in [-0.25, -0.2) is 0 Å². The molecule has 0 heterocycles. The van der Waals surface area contributed by atoms with E-state index in [4.69, 9.17) is 28.6 Å². The third-order valence-corrected chi connectivity index (χ3v) is 4.18. The Hall–Kier alpha value is -2.90. The summed E-state index contributed by atoms with van der Waals surface area (Å²) in [5, 5.41) is 2.90. The van der Waals surface area contributed by atoms with E-state index in [9.17, 15) is 9.59 Å². The Kier molecular flexibility index (Phi) is 7.98. The number of nitrogens with one attached hydrogen (secondary N) is 3. The van der Waals surface area contributed by atoms with Crippen LogP contribution in [0.1, 0.15) is 16.7 Å². The summed E-state index contributed by atoms with van der Waals surface area (Å²) in [6, 6.07) is 12.8. The number of hydrazine groups is 1. The predicted molar refractivity (Wildman–Crippen MR) is 114 cm³/mol. The molecule has 0 aliphatic rings. The normalized spacial score (nSPS) is 10.4. The molecule has 0 bridgehead atoms. The number of aryl methyl sites for hydroxylation is 2. The van der Waals surface area contributed by atoms with Gasteiger partial charge in [0.15, 0.2) is 11.7 Å². The number of halogens is 1. The highest BCUT2D eigenvalue weighted by Gasteiger charge is 2.08. The number of benzene rings is 2. The van der Waals surface area contributed by atoms with E-state index in [0.717, 1.165) is 11.1 Å². The first-order valence-electron chi connectivity index (χ1n) is 8.38. The van der Waals surface area contributed by atoms with Crippen molar-refractivity contribution in [2.75, 3.05) is 6.61 Å². The van der Waals surface area contributed by atoms with Gasteiger partial charge >= 0.3 is 0 Å². The fraction of sp³-hybridized carbons (Fsp3) is 0.150. The molecule has 0 radical (unpaired) electrons. The van der Waals surface area contributed by atoms with Crippen LogP contribution >= 0.6 is 23.8 Å². The number of hydrogen-bond donors (Lipinski definition) is 3. The van der Waals surface area contributed by atoms with E-state index in [1.807, 2.05) is 38.1 Å². The summed E-state index contributed by atoms with van der Waals surface area (Å²) in [5.74, 6) is -0.234. The van der Waals surface area contributed by atoms with Crippen molar-refractivity contribution in [3.05, 3.63) is 70.3 Å². The maximum absolute atomic E-state index is 11.9. The van der Waals surface area contributed by atoms with E-state index in [0.29, 0.717) is 16.3 Å². The highest BCUT2D eigenvalue weighted by molar-refractivity contribution is 7.80. The molecule has 0 fully saturated rings. The van der Waals surface area contributed by atoms with Crippen LogP contribution in [0.4, 0.5) is 0 Å². The van der Waals surface area contributed by atoms with Crippen molar-refractivity contribution in [3.63, 3.8) is 0 Å². The molecule has 8 heteroatoms. The molecule has 2 aromatic rings. The van der Waals surface area contributed by atoms with Gasteiger partial charge in [-0.3, -0.25) is 25.8 Å². The standard InChI is InChI=1S/C20H20ClN3O3S/c1-13-6-5-7-14(2)19(13)27-12-18(26)23-24-20(28)22-17(25)11-10-15-8-3-4-9-16(15)21/h3-11H,12H2,1-2H3,(H,23,26)(H2,22,24,25,28). The first-order valence-corrected chi connectivity index (χ1v) is 9.17. The first-order chi connectivity index (χ1) is 13.4. The lowest BCUT2D eigenvalue weighted by molar-refractivity contribution is -0.123. The number of carbonyl (C=O) groups is 2. The molecule has 0 aromatic heterocycles. The highest BCUT2D eigenvalue weighted by atomic mass is 35.5. The summed E-state index contributed by atoms with van der Waals surface area (Å²) >= 11 is 11.0. The molecule has 3 N–H and O–H groups in total. The molecule has 28 heavy (non-hydrogen) atoms. The van der Waals surface area contributed by atoms with Crippen LogP contribution < -0.4 is 20.9 Å². The molecule has 0 spiro atoms. The topological polar surface area (TPSA) is 79.5 Å². The zero-order chi connectivity index (χ0) is 20.5. The maximum Gasteiger partial charge on any atom is 0.276 e. The Morgan fingerprint density at radius 2 is 1.75 bits per heavy atom. The molecule has 6 nitrogen and oxygen atoms in total. The van der Waals surface area contributed by atoms with E-state index in [-0.39, 0.29) is 11.7 Å². The van der Waals surface area contributed by atoms with Crippen molar-refractivity contribution in [2.45, 2.75) is 13.8 Å². The molecule has 0 saturated carbocycles. The van der Waals surface area contributed by atoms with Crippen LogP contribution in [0.2, 0.25) is 5.02 Å². The Balaban J connectivity index is 1.75. The van der Waals surface area contributed by atoms with Gasteiger partial charge in [-0.15, -0.1) is 0 Å². The average molecular weight is 418 g/mol. The Morgan fingerprint density at radius 1 is 1.07 bits per heavy atom. The zero-order valence-corrected chi connectivity index (χ0v) is 17.0. The fourth-order valence-electron chi connectivity index (χ4n) is 2.29. The molecule has 0 aliphatic heterocycles. The molecule has 2 rings (SSSR count). The summed E-state index contributed by atoms with van der Waals surface area (Å²) < 4.78 is 5.54. The van der Waals surface area contributed by atoms with Crippen molar-refractivity contribution < 1.29 is 14.3 Å². The van der Waals surface area contributed by atoms with Crippen LogP contribution in [-0.4, -0.2) is 23.5 Å². The third-order valence-electron chi connectivity index (χ3n) is 3.63. The molecule has 2 aromatic carbocycles. The number of thiocarbonyl (C=S) groups is 1. The molecular formula is C20H20ClN3O3S. The minimum Gasteiger partial charge on any atom is -0.483 e. The molecule has 0 saturated heterocycles. The highest BCUT2D eigenvalue weighted by Crippen LogP contribution is 2.22. The number of ether oxygens (including phenoxy) is 1. The van der Waals surface area contributed by atoms with Crippen molar-refractivity contribution >= 4 is 46.8 Å². The second kappa shape index (κ2) is 10.4. The second-order valence-corrected chi connectivity index (χ2v) is 6.67. The second-order valence-electron chi connectivity index (χ2n) is 5.86. The van der Waals surface area contributed by atoms with Gasteiger partial charge in [-0.2, -0.15) is 0 Å². The first kappa shape index (κ1) is 21.4. The van der Waals surface area contributed by atoms with Crippen molar-refractivity contribution in [2.24, 2.45) is 0 Å². The molecule has 2 amide bonds. The van der Waals surface area contributed by atoms with Crippen LogP contribution in [-0.2, 0) is 9.59 Å². The zero-order valence-electron chi connectivity index (χ0n) is 15.4. The molecular weight excluding hydrogens is 398 g/mol. The fourth-order valence-corrected chi connectivity index (χ4v) is 2.64. The molecule has 0 atom stereocenters. The summed E-state index contributed by atoms with van der Waals surface area (Å²) in [6.45, 7) is 3.61. The number of rotatable bonds is 5. The largest absolute Gasteiger partial charge is 0.483 e. The Morgan fingerprint density at radius 3 is 2.43 bits per heavy atom. The van der Waals surface area contributed by atoms with E-state index < -0.39 is 11.8 Å². The van der Waals surface area contributed by atoms with Crippen molar-refractivity contribution in [1.29, 1.82) is 0 Å². The van der Waals surface area contributed by atoms with Crippen LogP contribution in [0.25, 0.3) is 6.08 Å². The smallest absolute Gasteiger partial charge is 0.276 e. The molecule has 146 valence electrons. The van der Waals surface area contributed by atoms with Gasteiger partial charge in [-0.05, 0) is 54.9 Å². The van der Waals surface area contributed by atoms with Gasteiger partial charge in [0.05, 0.1) is 0 Å². The number of amides is 2. The third kappa shape index (κ3) is 6.68. The van der Waals surface area contributed by atoms with E-state index >= 15 is 0 Å². The van der Waals surface area contributed by atoms with E-state index in [2.05, 4.69) is 16.2 Å². The van der Waals surface area contributed by atoms with Crippen LogP contribution in [0.3, 0.4) is 0 Å². The molecule has 0 aliphatic carbocycles. The lowest BCUT2D eigenvalue weighted by Crippen LogP contribution is -2.49. The number of hydrogen-bond acceptors (Lipinski definition) is 4.